The summed E-state index contributed by atoms with van der Waals surface area (Å²) in [6.45, 7) is 3.58. The van der Waals surface area contributed by atoms with Crippen LogP contribution >= 0.6 is 0 Å². The molecule has 2 saturated carbocycles. The molecule has 160 valence electrons. The Morgan fingerprint density at radius 2 is 1.80 bits per heavy atom. The highest BCUT2D eigenvalue weighted by Crippen LogP contribution is 2.56. The Morgan fingerprint density at radius 3 is 2.57 bits per heavy atom. The molecule has 4 nitrogen and oxygen atoms in total. The fourth-order valence-corrected chi connectivity index (χ4v) is 6.19. The minimum Gasteiger partial charge on any atom is -0.463 e. The van der Waals surface area contributed by atoms with Gasteiger partial charge in [0.15, 0.2) is 0 Å². The zero-order valence-electron chi connectivity index (χ0n) is 18.1. The maximum Gasteiger partial charge on any atom is 0.311 e. The Bertz CT molecular complexity index is 849. The van der Waals surface area contributed by atoms with Gasteiger partial charge in [-0.1, -0.05) is 6.07 Å². The number of ether oxygens (including phenoxy) is 2. The topological polar surface area (TPSA) is 52.6 Å². The molecule has 3 aliphatic carbocycles. The summed E-state index contributed by atoms with van der Waals surface area (Å²) in [7, 11) is 0. The Hall–Kier alpha value is -2.28. The molecule has 2 fully saturated rings. The summed E-state index contributed by atoms with van der Waals surface area (Å²) in [6.07, 6.45) is 12.9. The number of hydrogen-bond acceptors (Lipinski definition) is 4. The van der Waals surface area contributed by atoms with E-state index in [-0.39, 0.29) is 24.9 Å². The predicted molar refractivity (Wildman–Crippen MR) is 115 cm³/mol. The molecule has 0 spiro atoms. The molecule has 0 radical (unpaired) electrons. The molecule has 0 saturated heterocycles. The second-order valence-electron chi connectivity index (χ2n) is 9.44. The van der Waals surface area contributed by atoms with E-state index in [1.807, 2.05) is 12.1 Å². The number of benzene rings is 1. The van der Waals surface area contributed by atoms with Crippen LogP contribution in [0, 0.1) is 36.0 Å². The van der Waals surface area contributed by atoms with Gasteiger partial charge in [-0.15, -0.1) is 12.3 Å². The van der Waals surface area contributed by atoms with E-state index in [1.54, 1.807) is 13.8 Å². The van der Waals surface area contributed by atoms with Gasteiger partial charge >= 0.3 is 11.9 Å². The molecule has 0 aromatic heterocycles. The maximum absolute atomic E-state index is 12.1. The third-order valence-corrected chi connectivity index (χ3v) is 7.36. The number of hydrogen-bond donors (Lipinski definition) is 0. The lowest BCUT2D eigenvalue weighted by Crippen LogP contribution is -2.35. The first-order valence-electron chi connectivity index (χ1n) is 11.5. The third kappa shape index (κ3) is 4.26. The minimum absolute atomic E-state index is 0.0345. The molecule has 1 aromatic rings. The van der Waals surface area contributed by atoms with Gasteiger partial charge in [-0.3, -0.25) is 9.59 Å². The predicted octanol–water partition coefficient (Wildman–Crippen LogP) is 5.04. The third-order valence-electron chi connectivity index (χ3n) is 7.36. The maximum atomic E-state index is 12.1. The molecule has 0 aliphatic heterocycles. The highest BCUT2D eigenvalue weighted by Gasteiger charge is 2.47. The second-order valence-corrected chi connectivity index (χ2v) is 9.44. The quantitative estimate of drug-likeness (QED) is 0.389. The fraction of sp³-hybridized carbons (Fsp3) is 0.615. The summed E-state index contributed by atoms with van der Waals surface area (Å²) in [6, 6.07) is 6.10. The van der Waals surface area contributed by atoms with Crippen LogP contribution in [0.3, 0.4) is 0 Å². The lowest BCUT2D eigenvalue weighted by atomic mass is 9.60. The average molecular weight is 409 g/mol. The van der Waals surface area contributed by atoms with E-state index in [0.29, 0.717) is 17.6 Å². The van der Waals surface area contributed by atoms with Crippen molar-refractivity contribution in [2.75, 3.05) is 0 Å². The first-order valence-corrected chi connectivity index (χ1v) is 11.5. The van der Waals surface area contributed by atoms with Gasteiger partial charge in [0.2, 0.25) is 0 Å². The number of aryl methyl sites for hydroxylation is 1. The van der Waals surface area contributed by atoms with Gasteiger partial charge in [0.1, 0.15) is 5.75 Å². The van der Waals surface area contributed by atoms with Crippen LogP contribution < -0.4 is 4.74 Å². The number of esters is 2. The molecular weight excluding hydrogens is 376 g/mol. The number of carbonyl (C=O) groups is 2. The second kappa shape index (κ2) is 8.84. The van der Waals surface area contributed by atoms with Crippen molar-refractivity contribution in [1.82, 2.24) is 0 Å². The van der Waals surface area contributed by atoms with Crippen LogP contribution in [0.2, 0.25) is 0 Å². The molecule has 0 bridgehead atoms. The van der Waals surface area contributed by atoms with Crippen molar-refractivity contribution in [3.05, 3.63) is 29.3 Å². The Balaban J connectivity index is 1.38. The summed E-state index contributed by atoms with van der Waals surface area (Å²) in [5, 5.41) is 0. The minimum atomic E-state index is -0.392. The first-order chi connectivity index (χ1) is 14.5. The molecule has 0 N–H and O–H groups in total. The normalized spacial score (nSPS) is 29.3. The molecule has 1 aromatic carbocycles. The molecule has 5 unspecified atom stereocenters. The van der Waals surface area contributed by atoms with Crippen LogP contribution in [0.1, 0.15) is 75.8 Å². The number of carbonyl (C=O) groups excluding carboxylic acids is 2. The zero-order valence-corrected chi connectivity index (χ0v) is 18.1. The van der Waals surface area contributed by atoms with Gasteiger partial charge in [0, 0.05) is 5.92 Å². The standard InChI is InChI=1S/C26H32O4/c1-4-17-5-8-22-20(17)11-12-23-21-10-7-19(15-18(21)6-9-24(22)23)30-26(28)14-13-25(27)29-16(2)3/h1,7,10,15-17,20,22-24H,5-6,8-9,11-14H2,2-3H3. The highest BCUT2D eigenvalue weighted by molar-refractivity contribution is 5.79. The molecule has 4 heteroatoms. The zero-order chi connectivity index (χ0) is 21.3. The molecule has 3 aliphatic rings. The van der Waals surface area contributed by atoms with E-state index in [0.717, 1.165) is 24.2 Å². The summed E-state index contributed by atoms with van der Waals surface area (Å²) in [4.78, 5) is 23.8. The van der Waals surface area contributed by atoms with Crippen molar-refractivity contribution in [2.24, 2.45) is 23.7 Å². The number of rotatable bonds is 5. The van der Waals surface area contributed by atoms with Gasteiger partial charge in [0.25, 0.3) is 0 Å². The van der Waals surface area contributed by atoms with E-state index < -0.39 is 5.97 Å². The van der Waals surface area contributed by atoms with E-state index in [2.05, 4.69) is 12.0 Å². The lowest BCUT2D eigenvalue weighted by molar-refractivity contribution is -0.150. The molecular formula is C26H32O4. The smallest absolute Gasteiger partial charge is 0.311 e. The molecule has 0 amide bonds. The van der Waals surface area contributed by atoms with Crippen molar-refractivity contribution in [3.8, 4) is 18.1 Å². The summed E-state index contributed by atoms with van der Waals surface area (Å²) >= 11 is 0. The first kappa shape index (κ1) is 21.0. The Kier molecular flexibility index (Phi) is 6.18. The Morgan fingerprint density at radius 1 is 1.03 bits per heavy atom. The monoisotopic (exact) mass is 408 g/mol. The largest absolute Gasteiger partial charge is 0.463 e. The van der Waals surface area contributed by atoms with Crippen LogP contribution in [0.4, 0.5) is 0 Å². The number of terminal acetylenes is 1. The molecule has 5 atom stereocenters. The van der Waals surface area contributed by atoms with Crippen LogP contribution in [-0.4, -0.2) is 18.0 Å². The fourth-order valence-electron chi connectivity index (χ4n) is 6.19. The molecule has 4 rings (SSSR count). The van der Waals surface area contributed by atoms with Crippen molar-refractivity contribution >= 4 is 11.9 Å². The van der Waals surface area contributed by atoms with Gasteiger partial charge in [-0.05, 0) is 99.3 Å². The van der Waals surface area contributed by atoms with E-state index >= 15 is 0 Å². The summed E-state index contributed by atoms with van der Waals surface area (Å²) < 4.78 is 10.6. The van der Waals surface area contributed by atoms with Crippen molar-refractivity contribution in [2.45, 2.75) is 77.2 Å². The van der Waals surface area contributed by atoms with Crippen LogP contribution in [0.15, 0.2) is 18.2 Å². The van der Waals surface area contributed by atoms with Gasteiger partial charge < -0.3 is 9.47 Å². The van der Waals surface area contributed by atoms with Gasteiger partial charge in [-0.25, -0.2) is 0 Å². The van der Waals surface area contributed by atoms with Crippen molar-refractivity contribution in [3.63, 3.8) is 0 Å². The van der Waals surface area contributed by atoms with Crippen molar-refractivity contribution < 1.29 is 19.1 Å². The SMILES string of the molecule is C#CC1CCC2C1CCC1c3ccc(OC(=O)CCC(=O)OC(C)C)cc3CCC12. The van der Waals surface area contributed by atoms with Gasteiger partial charge in [0.05, 0.1) is 18.9 Å². The van der Waals surface area contributed by atoms with Gasteiger partial charge in [-0.2, -0.15) is 0 Å². The Labute approximate surface area is 179 Å². The van der Waals surface area contributed by atoms with E-state index in [1.165, 1.54) is 43.2 Å². The lowest BCUT2D eigenvalue weighted by Gasteiger charge is -2.44. The van der Waals surface area contributed by atoms with E-state index in [9.17, 15) is 9.59 Å². The van der Waals surface area contributed by atoms with Crippen LogP contribution in [0.5, 0.6) is 5.75 Å². The van der Waals surface area contributed by atoms with Crippen molar-refractivity contribution in [1.29, 1.82) is 0 Å². The average Bonchev–Trinajstić information content (AvgIpc) is 3.15. The van der Waals surface area contributed by atoms with Crippen LogP contribution in [0.25, 0.3) is 0 Å². The van der Waals surface area contributed by atoms with Crippen LogP contribution in [-0.2, 0) is 20.7 Å². The summed E-state index contributed by atoms with van der Waals surface area (Å²) in [5.41, 5.74) is 2.75. The van der Waals surface area contributed by atoms with E-state index in [4.69, 9.17) is 15.9 Å². The highest BCUT2D eigenvalue weighted by atomic mass is 16.5. The summed E-state index contributed by atoms with van der Waals surface area (Å²) in [5.74, 6) is 6.22. The molecule has 30 heavy (non-hydrogen) atoms. The molecule has 0 heterocycles. The number of fused-ring (bicyclic) bond motifs is 5.